The van der Waals surface area contributed by atoms with Gasteiger partial charge < -0.3 is 4.98 Å². The number of nitrogens with one attached hydrogen (secondary N) is 3. The van der Waals surface area contributed by atoms with E-state index in [1.807, 2.05) is 24.3 Å². The molecule has 0 unspecified atom stereocenters. The van der Waals surface area contributed by atoms with Crippen molar-refractivity contribution in [2.75, 3.05) is 0 Å². The Kier molecular flexibility index (Phi) is 4.15. The molecule has 112 valence electrons. The van der Waals surface area contributed by atoms with Gasteiger partial charge in [0, 0.05) is 23.5 Å². The minimum atomic E-state index is -5.02. The zero-order chi connectivity index (χ0) is 15.5. The molecule has 0 fully saturated rings. The van der Waals surface area contributed by atoms with Crippen molar-refractivity contribution in [3.63, 3.8) is 0 Å². The standard InChI is InChI=1S/C13H12F3N3O2/c14-13(15,16)12(21)19-18-11(20)6-5-8-7-17-10-4-2-1-3-9(8)10/h1-4,7,17H,5-6H2,(H,18,20)(H,19,21). The van der Waals surface area contributed by atoms with Gasteiger partial charge in [-0.05, 0) is 18.1 Å². The van der Waals surface area contributed by atoms with Crippen LogP contribution in [-0.2, 0) is 16.0 Å². The molecule has 21 heavy (non-hydrogen) atoms. The number of aromatic amines is 1. The second-order valence-electron chi connectivity index (χ2n) is 4.36. The molecule has 2 amide bonds. The third kappa shape index (κ3) is 3.74. The maximum Gasteiger partial charge on any atom is 0.472 e. The van der Waals surface area contributed by atoms with Gasteiger partial charge in [0.25, 0.3) is 0 Å². The average molecular weight is 299 g/mol. The van der Waals surface area contributed by atoms with Crippen molar-refractivity contribution in [1.82, 2.24) is 15.8 Å². The fourth-order valence-corrected chi connectivity index (χ4v) is 1.85. The second kappa shape index (κ2) is 5.86. The molecule has 1 aromatic carbocycles. The summed E-state index contributed by atoms with van der Waals surface area (Å²) < 4.78 is 35.7. The number of carbonyl (C=O) groups excluding carboxylic acids is 2. The molecule has 0 spiro atoms. The first kappa shape index (κ1) is 14.9. The van der Waals surface area contributed by atoms with Crippen LogP contribution >= 0.6 is 0 Å². The number of alkyl halides is 3. The van der Waals surface area contributed by atoms with Gasteiger partial charge in [0.15, 0.2) is 0 Å². The number of hydrogen-bond acceptors (Lipinski definition) is 2. The van der Waals surface area contributed by atoms with Gasteiger partial charge in [0.2, 0.25) is 5.91 Å². The number of aromatic nitrogens is 1. The number of carbonyl (C=O) groups is 2. The Morgan fingerprint density at radius 1 is 1.14 bits per heavy atom. The summed E-state index contributed by atoms with van der Waals surface area (Å²) in [5.74, 6) is -2.90. The molecule has 0 radical (unpaired) electrons. The monoisotopic (exact) mass is 299 g/mol. The molecule has 0 aliphatic heterocycles. The van der Waals surface area contributed by atoms with Crippen molar-refractivity contribution >= 4 is 22.7 Å². The van der Waals surface area contributed by atoms with E-state index in [0.29, 0.717) is 6.42 Å². The quantitative estimate of drug-likeness (QED) is 0.756. The van der Waals surface area contributed by atoms with Crippen LogP contribution in [0.2, 0.25) is 0 Å². The third-order valence-corrected chi connectivity index (χ3v) is 2.87. The van der Waals surface area contributed by atoms with Crippen molar-refractivity contribution < 1.29 is 22.8 Å². The highest BCUT2D eigenvalue weighted by Gasteiger charge is 2.38. The van der Waals surface area contributed by atoms with Crippen molar-refractivity contribution in [2.24, 2.45) is 0 Å². The number of para-hydroxylation sites is 1. The molecule has 1 heterocycles. The van der Waals surface area contributed by atoms with Crippen LogP contribution in [0.25, 0.3) is 10.9 Å². The van der Waals surface area contributed by atoms with E-state index in [9.17, 15) is 22.8 Å². The average Bonchev–Trinajstić information content (AvgIpc) is 2.84. The zero-order valence-corrected chi connectivity index (χ0v) is 10.8. The highest BCUT2D eigenvalue weighted by molar-refractivity contribution is 5.86. The molecule has 8 heteroatoms. The van der Waals surface area contributed by atoms with Crippen LogP contribution in [0.1, 0.15) is 12.0 Å². The van der Waals surface area contributed by atoms with Crippen molar-refractivity contribution in [1.29, 1.82) is 0 Å². The van der Waals surface area contributed by atoms with Crippen LogP contribution in [0.5, 0.6) is 0 Å². The number of aryl methyl sites for hydroxylation is 1. The number of rotatable bonds is 3. The van der Waals surface area contributed by atoms with E-state index in [1.54, 1.807) is 11.6 Å². The molecule has 3 N–H and O–H groups in total. The molecule has 1 aromatic heterocycles. The SMILES string of the molecule is O=C(CCc1c[nH]c2ccccc12)NNC(=O)C(F)(F)F. The lowest BCUT2D eigenvalue weighted by Gasteiger charge is -2.08. The lowest BCUT2D eigenvalue weighted by Crippen LogP contribution is -2.47. The van der Waals surface area contributed by atoms with Gasteiger partial charge in [0.1, 0.15) is 0 Å². The van der Waals surface area contributed by atoms with Crippen LogP contribution in [-0.4, -0.2) is 23.0 Å². The summed E-state index contributed by atoms with van der Waals surface area (Å²) in [5, 5.41) is 0.949. The largest absolute Gasteiger partial charge is 0.472 e. The topological polar surface area (TPSA) is 74.0 Å². The van der Waals surface area contributed by atoms with Gasteiger partial charge >= 0.3 is 12.1 Å². The Morgan fingerprint density at radius 2 is 1.86 bits per heavy atom. The second-order valence-corrected chi connectivity index (χ2v) is 4.36. The Labute approximate surface area is 117 Å². The van der Waals surface area contributed by atoms with Gasteiger partial charge in [-0.15, -0.1) is 0 Å². The first-order valence-electron chi connectivity index (χ1n) is 6.09. The Bertz CT molecular complexity index is 664. The highest BCUT2D eigenvalue weighted by atomic mass is 19.4. The van der Waals surface area contributed by atoms with E-state index < -0.39 is 18.0 Å². The fourth-order valence-electron chi connectivity index (χ4n) is 1.85. The van der Waals surface area contributed by atoms with E-state index in [1.165, 1.54) is 5.43 Å². The van der Waals surface area contributed by atoms with Crippen LogP contribution in [0.15, 0.2) is 30.5 Å². The zero-order valence-electron chi connectivity index (χ0n) is 10.8. The maximum atomic E-state index is 11.9. The van der Waals surface area contributed by atoms with E-state index >= 15 is 0 Å². The Hall–Kier alpha value is -2.51. The molecule has 0 aliphatic carbocycles. The van der Waals surface area contributed by atoms with Crippen molar-refractivity contribution in [3.05, 3.63) is 36.0 Å². The van der Waals surface area contributed by atoms with E-state index in [0.717, 1.165) is 16.5 Å². The van der Waals surface area contributed by atoms with Crippen LogP contribution in [0.4, 0.5) is 13.2 Å². The normalized spacial score (nSPS) is 11.4. The molecule has 5 nitrogen and oxygen atoms in total. The maximum absolute atomic E-state index is 11.9. The predicted molar refractivity (Wildman–Crippen MR) is 69.0 cm³/mol. The summed E-state index contributed by atoms with van der Waals surface area (Å²) in [5.41, 5.74) is 4.84. The highest BCUT2D eigenvalue weighted by Crippen LogP contribution is 2.18. The molecular weight excluding hydrogens is 287 g/mol. The van der Waals surface area contributed by atoms with Gasteiger partial charge in [-0.2, -0.15) is 13.2 Å². The molecule has 2 aromatic rings. The Balaban J connectivity index is 1.86. The molecule has 0 bridgehead atoms. The minimum absolute atomic E-state index is 0.0417. The minimum Gasteiger partial charge on any atom is -0.361 e. The molecule has 0 saturated heterocycles. The third-order valence-electron chi connectivity index (χ3n) is 2.87. The number of halogens is 3. The predicted octanol–water partition coefficient (Wildman–Crippen LogP) is 1.81. The van der Waals surface area contributed by atoms with Crippen LogP contribution in [0, 0.1) is 0 Å². The summed E-state index contributed by atoms with van der Waals surface area (Å²) >= 11 is 0. The number of amides is 2. The first-order valence-corrected chi connectivity index (χ1v) is 6.09. The summed E-state index contributed by atoms with van der Waals surface area (Å²) in [4.78, 5) is 25.0. The lowest BCUT2D eigenvalue weighted by molar-refractivity contribution is -0.175. The molecule has 2 rings (SSSR count). The van der Waals surface area contributed by atoms with Gasteiger partial charge in [-0.1, -0.05) is 18.2 Å². The molecule has 0 saturated carbocycles. The summed E-state index contributed by atoms with van der Waals surface area (Å²) in [6.45, 7) is 0. The van der Waals surface area contributed by atoms with E-state index in [4.69, 9.17) is 0 Å². The number of hydrogen-bond donors (Lipinski definition) is 3. The van der Waals surface area contributed by atoms with E-state index in [-0.39, 0.29) is 6.42 Å². The van der Waals surface area contributed by atoms with Gasteiger partial charge in [-0.25, -0.2) is 0 Å². The van der Waals surface area contributed by atoms with Gasteiger partial charge in [-0.3, -0.25) is 20.4 Å². The number of H-pyrrole nitrogens is 1. The van der Waals surface area contributed by atoms with Crippen molar-refractivity contribution in [3.8, 4) is 0 Å². The molecule has 0 atom stereocenters. The van der Waals surface area contributed by atoms with Crippen LogP contribution < -0.4 is 10.9 Å². The number of benzene rings is 1. The summed E-state index contributed by atoms with van der Waals surface area (Å²) in [6, 6.07) is 7.47. The number of hydrazine groups is 1. The first-order chi connectivity index (χ1) is 9.88. The van der Waals surface area contributed by atoms with Gasteiger partial charge in [0.05, 0.1) is 0 Å². The molecule has 0 aliphatic rings. The summed E-state index contributed by atoms with van der Waals surface area (Å²) in [7, 11) is 0. The summed E-state index contributed by atoms with van der Waals surface area (Å²) in [6.07, 6.45) is -2.98. The molecular formula is C13H12F3N3O2. The van der Waals surface area contributed by atoms with E-state index in [2.05, 4.69) is 4.98 Å². The fraction of sp³-hybridized carbons (Fsp3) is 0.231. The number of fused-ring (bicyclic) bond motifs is 1. The lowest BCUT2D eigenvalue weighted by atomic mass is 10.1. The Morgan fingerprint density at radius 3 is 2.57 bits per heavy atom. The van der Waals surface area contributed by atoms with Crippen molar-refractivity contribution in [2.45, 2.75) is 19.0 Å². The van der Waals surface area contributed by atoms with Crippen LogP contribution in [0.3, 0.4) is 0 Å². The smallest absolute Gasteiger partial charge is 0.361 e.